The second-order valence-corrected chi connectivity index (χ2v) is 3.90. The zero-order valence-electron chi connectivity index (χ0n) is 9.48. The zero-order valence-corrected chi connectivity index (χ0v) is 10.2. The normalized spacial score (nSPS) is 10.0. The molecule has 0 saturated heterocycles. The molecule has 0 atom stereocenters. The third-order valence-corrected chi connectivity index (χ3v) is 2.68. The Morgan fingerprint density at radius 2 is 2.18 bits per heavy atom. The molecular weight excluding hydrogens is 236 g/mol. The maximum Gasteiger partial charge on any atom is 0.152 e. The van der Waals surface area contributed by atoms with Crippen molar-refractivity contribution < 1.29 is 4.74 Å². The predicted molar refractivity (Wildman–Crippen MR) is 69.6 cm³/mol. The molecule has 0 aliphatic rings. The van der Waals surface area contributed by atoms with Crippen LogP contribution in [0, 0.1) is 0 Å². The molecule has 3 nitrogen and oxygen atoms in total. The van der Waals surface area contributed by atoms with E-state index in [1.165, 1.54) is 0 Å². The fourth-order valence-corrected chi connectivity index (χ4v) is 1.68. The van der Waals surface area contributed by atoms with Crippen LogP contribution in [0.25, 0.3) is 0 Å². The van der Waals surface area contributed by atoms with Gasteiger partial charge in [-0.1, -0.05) is 23.7 Å². The van der Waals surface area contributed by atoms with Crippen molar-refractivity contribution in [3.63, 3.8) is 0 Å². The van der Waals surface area contributed by atoms with Crippen LogP contribution in [0.5, 0.6) is 5.75 Å². The third-order valence-electron chi connectivity index (χ3n) is 2.38. The van der Waals surface area contributed by atoms with Crippen molar-refractivity contribution >= 4 is 17.3 Å². The van der Waals surface area contributed by atoms with E-state index in [9.17, 15) is 0 Å². The van der Waals surface area contributed by atoms with Crippen LogP contribution in [0.1, 0.15) is 5.56 Å². The molecule has 0 fully saturated rings. The zero-order chi connectivity index (χ0) is 12.1. The first-order chi connectivity index (χ1) is 8.29. The van der Waals surface area contributed by atoms with Gasteiger partial charge in [0.1, 0.15) is 5.75 Å². The van der Waals surface area contributed by atoms with E-state index in [4.69, 9.17) is 16.3 Å². The number of hydrogen-bond acceptors (Lipinski definition) is 3. The minimum absolute atomic E-state index is 0.482. The lowest BCUT2D eigenvalue weighted by Crippen LogP contribution is -2.00. The van der Waals surface area contributed by atoms with Crippen LogP contribution in [0.2, 0.25) is 5.15 Å². The molecule has 0 saturated carbocycles. The lowest BCUT2D eigenvalue weighted by Gasteiger charge is -2.08. The van der Waals surface area contributed by atoms with Gasteiger partial charge in [-0.2, -0.15) is 0 Å². The molecule has 0 unspecified atom stereocenters. The lowest BCUT2D eigenvalue weighted by atomic mass is 10.2. The minimum atomic E-state index is 0.482. The first kappa shape index (κ1) is 11.7. The summed E-state index contributed by atoms with van der Waals surface area (Å²) >= 11 is 5.95. The smallest absolute Gasteiger partial charge is 0.152 e. The molecule has 0 amide bonds. The highest BCUT2D eigenvalue weighted by molar-refractivity contribution is 6.31. The van der Waals surface area contributed by atoms with Crippen molar-refractivity contribution in [2.24, 2.45) is 0 Å². The van der Waals surface area contributed by atoms with Gasteiger partial charge >= 0.3 is 0 Å². The minimum Gasteiger partial charge on any atom is -0.497 e. The number of pyridine rings is 1. The Bertz CT molecular complexity index is 502. The van der Waals surface area contributed by atoms with Crippen LogP contribution in [0.15, 0.2) is 42.6 Å². The molecule has 17 heavy (non-hydrogen) atoms. The van der Waals surface area contributed by atoms with E-state index in [0.717, 1.165) is 17.0 Å². The number of halogens is 1. The molecule has 88 valence electrons. The van der Waals surface area contributed by atoms with Gasteiger partial charge in [0.25, 0.3) is 0 Å². The van der Waals surface area contributed by atoms with Crippen LogP contribution in [0.4, 0.5) is 5.69 Å². The van der Waals surface area contributed by atoms with Crippen LogP contribution in [0.3, 0.4) is 0 Å². The second-order valence-electron chi connectivity index (χ2n) is 3.55. The van der Waals surface area contributed by atoms with E-state index < -0.39 is 0 Å². The van der Waals surface area contributed by atoms with E-state index in [0.29, 0.717) is 11.7 Å². The molecule has 0 radical (unpaired) electrons. The first-order valence-corrected chi connectivity index (χ1v) is 5.64. The molecule has 2 rings (SSSR count). The van der Waals surface area contributed by atoms with Gasteiger partial charge in [-0.3, -0.25) is 0 Å². The Labute approximate surface area is 105 Å². The maximum atomic E-state index is 5.95. The molecule has 0 aliphatic carbocycles. The van der Waals surface area contributed by atoms with Gasteiger partial charge in [0.15, 0.2) is 5.15 Å². The molecular formula is C13H13ClN2O. The first-order valence-electron chi connectivity index (χ1n) is 5.27. The van der Waals surface area contributed by atoms with Crippen molar-refractivity contribution in [2.75, 3.05) is 12.4 Å². The average molecular weight is 249 g/mol. The van der Waals surface area contributed by atoms with Gasteiger partial charge < -0.3 is 10.1 Å². The molecule has 1 heterocycles. The maximum absolute atomic E-state index is 5.95. The fourth-order valence-electron chi connectivity index (χ4n) is 1.50. The Balaban J connectivity index is 2.05. The van der Waals surface area contributed by atoms with E-state index in [-0.39, 0.29) is 0 Å². The molecule has 2 aromatic rings. The molecule has 1 aromatic carbocycles. The third kappa shape index (κ3) is 3.11. The van der Waals surface area contributed by atoms with E-state index in [1.54, 1.807) is 13.3 Å². The summed E-state index contributed by atoms with van der Waals surface area (Å²) in [5.41, 5.74) is 1.96. The molecule has 0 spiro atoms. The summed E-state index contributed by atoms with van der Waals surface area (Å²) < 4.78 is 5.16. The van der Waals surface area contributed by atoms with Crippen molar-refractivity contribution in [1.29, 1.82) is 0 Å². The number of nitrogens with one attached hydrogen (secondary N) is 1. The topological polar surface area (TPSA) is 34.1 Å². The fraction of sp³-hybridized carbons (Fsp3) is 0.154. The Morgan fingerprint density at radius 1 is 1.29 bits per heavy atom. The van der Waals surface area contributed by atoms with Gasteiger partial charge in [0.2, 0.25) is 0 Å². The summed E-state index contributed by atoms with van der Waals surface area (Å²) in [6.07, 6.45) is 1.67. The van der Waals surface area contributed by atoms with E-state index in [2.05, 4.69) is 10.3 Å². The van der Waals surface area contributed by atoms with Crippen molar-refractivity contribution in [1.82, 2.24) is 4.98 Å². The number of benzene rings is 1. The lowest BCUT2D eigenvalue weighted by molar-refractivity contribution is 0.414. The van der Waals surface area contributed by atoms with Crippen molar-refractivity contribution in [3.05, 3.63) is 53.3 Å². The standard InChI is InChI=1S/C13H13ClN2O/c1-17-11-5-2-4-10(8-11)9-16-12-6-3-7-15-13(12)14/h2-8,16H,9H2,1H3. The average Bonchev–Trinajstić information content (AvgIpc) is 2.38. The van der Waals surface area contributed by atoms with E-state index in [1.807, 2.05) is 36.4 Å². The monoisotopic (exact) mass is 248 g/mol. The summed E-state index contributed by atoms with van der Waals surface area (Å²) in [7, 11) is 1.66. The number of rotatable bonds is 4. The summed E-state index contributed by atoms with van der Waals surface area (Å²) in [6.45, 7) is 0.683. The predicted octanol–water partition coefficient (Wildman–Crippen LogP) is 3.36. The van der Waals surface area contributed by atoms with Gasteiger partial charge in [0.05, 0.1) is 12.8 Å². The number of ether oxygens (including phenoxy) is 1. The number of anilines is 1. The van der Waals surface area contributed by atoms with Crippen LogP contribution >= 0.6 is 11.6 Å². The number of methoxy groups -OCH3 is 1. The van der Waals surface area contributed by atoms with Gasteiger partial charge in [-0.15, -0.1) is 0 Å². The van der Waals surface area contributed by atoms with Crippen molar-refractivity contribution in [3.8, 4) is 5.75 Å². The summed E-state index contributed by atoms with van der Waals surface area (Å²) in [5, 5.41) is 3.71. The molecule has 4 heteroatoms. The Kier molecular flexibility index (Phi) is 3.83. The summed E-state index contributed by atoms with van der Waals surface area (Å²) in [4.78, 5) is 4.00. The van der Waals surface area contributed by atoms with Gasteiger partial charge in [0, 0.05) is 12.7 Å². The van der Waals surface area contributed by atoms with Crippen LogP contribution in [-0.4, -0.2) is 12.1 Å². The number of hydrogen-bond donors (Lipinski definition) is 1. The quantitative estimate of drug-likeness (QED) is 0.843. The van der Waals surface area contributed by atoms with Crippen molar-refractivity contribution in [2.45, 2.75) is 6.54 Å². The second kappa shape index (κ2) is 5.55. The van der Waals surface area contributed by atoms with E-state index >= 15 is 0 Å². The van der Waals surface area contributed by atoms with Crippen LogP contribution in [-0.2, 0) is 6.54 Å². The highest BCUT2D eigenvalue weighted by Gasteiger charge is 2.00. The summed E-state index contributed by atoms with van der Waals surface area (Å²) in [5.74, 6) is 0.849. The number of aromatic nitrogens is 1. The van der Waals surface area contributed by atoms with Gasteiger partial charge in [-0.05, 0) is 29.8 Å². The summed E-state index contributed by atoms with van der Waals surface area (Å²) in [6, 6.07) is 11.6. The number of nitrogens with zero attached hydrogens (tertiary/aromatic N) is 1. The Hall–Kier alpha value is -1.74. The molecule has 1 aromatic heterocycles. The highest BCUT2D eigenvalue weighted by Crippen LogP contribution is 2.19. The molecule has 1 N–H and O–H groups in total. The Morgan fingerprint density at radius 3 is 2.94 bits per heavy atom. The SMILES string of the molecule is COc1cccc(CNc2cccnc2Cl)c1. The van der Waals surface area contributed by atoms with Gasteiger partial charge in [-0.25, -0.2) is 4.98 Å². The largest absolute Gasteiger partial charge is 0.497 e. The molecule has 0 bridgehead atoms. The highest BCUT2D eigenvalue weighted by atomic mass is 35.5. The van der Waals surface area contributed by atoms with Crippen LogP contribution < -0.4 is 10.1 Å². The molecule has 0 aliphatic heterocycles.